The highest BCUT2D eigenvalue weighted by atomic mass is 19.4. The molecule has 0 aliphatic rings. The molecule has 0 saturated heterocycles. The van der Waals surface area contributed by atoms with E-state index in [9.17, 15) is 57.1 Å². The number of hydrogen-bond donors (Lipinski definition) is 2. The van der Waals surface area contributed by atoms with Crippen LogP contribution in [0.2, 0.25) is 0 Å². The van der Waals surface area contributed by atoms with Crippen molar-refractivity contribution in [1.29, 1.82) is 0 Å². The highest BCUT2D eigenvalue weighted by molar-refractivity contribution is 5.82. The number of benzene rings is 1. The summed E-state index contributed by atoms with van der Waals surface area (Å²) in [5.74, 6) is -40.7. The van der Waals surface area contributed by atoms with E-state index in [1.165, 1.54) is 4.98 Å². The maximum absolute atomic E-state index is 14.4. The third kappa shape index (κ3) is 3.95. The molecule has 2 aromatic heterocycles. The maximum atomic E-state index is 14.4. The molecule has 3 rings (SSSR count). The third-order valence-corrected chi connectivity index (χ3v) is 4.82. The van der Waals surface area contributed by atoms with Gasteiger partial charge in [0.1, 0.15) is 11.8 Å². The van der Waals surface area contributed by atoms with Gasteiger partial charge in [0, 0.05) is 6.54 Å². The van der Waals surface area contributed by atoms with Crippen LogP contribution in [0.25, 0.3) is 11.2 Å². The summed E-state index contributed by atoms with van der Waals surface area (Å²) in [7, 11) is 0. The summed E-state index contributed by atoms with van der Waals surface area (Å²) in [4.78, 5) is 11.2. The fraction of sp³-hybridized carbons (Fsp3) is 0.389. The normalized spacial score (nSPS) is 14.4. The molecule has 0 unspecified atom stereocenters. The number of rotatable bonds is 8. The van der Waals surface area contributed by atoms with Crippen molar-refractivity contribution >= 4 is 17.0 Å². The molecule has 0 aliphatic heterocycles. The molecule has 0 fully saturated rings. The van der Waals surface area contributed by atoms with Gasteiger partial charge in [-0.25, -0.2) is 15.0 Å². The number of hydrogen-bond acceptors (Lipinski definition) is 4. The van der Waals surface area contributed by atoms with Crippen LogP contribution in [0.3, 0.4) is 0 Å². The minimum atomic E-state index is -8.00. The minimum Gasteiger partial charge on any atom is -0.364 e. The zero-order chi connectivity index (χ0) is 27.4. The highest BCUT2D eigenvalue weighted by Crippen LogP contribution is 2.61. The van der Waals surface area contributed by atoms with E-state index in [1.807, 2.05) is 0 Å². The summed E-state index contributed by atoms with van der Waals surface area (Å²) < 4.78 is 174. The first-order valence-corrected chi connectivity index (χ1v) is 9.24. The number of aromatic amines is 1. The van der Waals surface area contributed by atoms with Gasteiger partial charge in [0.05, 0.1) is 0 Å². The first-order valence-electron chi connectivity index (χ1n) is 9.24. The lowest BCUT2D eigenvalue weighted by Gasteiger charge is -2.39. The number of nitrogens with one attached hydrogen (secondary N) is 2. The van der Waals surface area contributed by atoms with E-state index in [0.717, 1.165) is 0 Å². The molecule has 5 nitrogen and oxygen atoms in total. The number of nitrogens with zero attached hydrogens (tertiary/aromatic N) is 3. The molecular weight excluding hydrogens is 533 g/mol. The summed E-state index contributed by atoms with van der Waals surface area (Å²) in [6.07, 6.45) is -6.82. The van der Waals surface area contributed by atoms with Gasteiger partial charge in [-0.05, 0) is 5.56 Å². The fourth-order valence-corrected chi connectivity index (χ4v) is 2.81. The van der Waals surface area contributed by atoms with E-state index in [2.05, 4.69) is 20.3 Å². The Balaban J connectivity index is 2.03. The van der Waals surface area contributed by atoms with Crippen molar-refractivity contribution in [3.8, 4) is 0 Å². The van der Waals surface area contributed by atoms with Gasteiger partial charge in [-0.1, -0.05) is 30.3 Å². The van der Waals surface area contributed by atoms with Crippen molar-refractivity contribution < 1.29 is 57.1 Å². The number of anilines is 1. The van der Waals surface area contributed by atoms with Gasteiger partial charge >= 0.3 is 35.8 Å². The number of alkyl halides is 13. The van der Waals surface area contributed by atoms with Crippen LogP contribution in [-0.4, -0.2) is 49.8 Å². The first kappa shape index (κ1) is 27.3. The lowest BCUT2D eigenvalue weighted by molar-refractivity contribution is -0.442. The second kappa shape index (κ2) is 8.36. The van der Waals surface area contributed by atoms with E-state index in [0.29, 0.717) is 11.9 Å². The summed E-state index contributed by atoms with van der Waals surface area (Å²) in [6, 6.07) is 8.07. The largest absolute Gasteiger partial charge is 0.460 e. The van der Waals surface area contributed by atoms with Gasteiger partial charge in [0.15, 0.2) is 17.3 Å². The molecule has 36 heavy (non-hydrogen) atoms. The minimum absolute atomic E-state index is 0.0509. The molecule has 2 N–H and O–H groups in total. The Kier molecular flexibility index (Phi) is 6.33. The van der Waals surface area contributed by atoms with Crippen LogP contribution in [-0.2, 0) is 12.5 Å². The molecule has 18 heteroatoms. The monoisotopic (exact) mass is 543 g/mol. The molecule has 0 spiro atoms. The Morgan fingerprint density at radius 2 is 1.25 bits per heavy atom. The van der Waals surface area contributed by atoms with Crippen LogP contribution in [0.5, 0.6) is 0 Å². The van der Waals surface area contributed by atoms with Crippen molar-refractivity contribution in [3.05, 3.63) is 48.0 Å². The highest BCUT2D eigenvalue weighted by Gasteiger charge is 2.91. The quantitative estimate of drug-likeness (QED) is 0.334. The van der Waals surface area contributed by atoms with Crippen LogP contribution in [0.4, 0.5) is 62.9 Å². The van der Waals surface area contributed by atoms with Gasteiger partial charge in [-0.2, -0.15) is 57.1 Å². The topological polar surface area (TPSA) is 66.5 Å². The zero-order valence-corrected chi connectivity index (χ0v) is 16.9. The van der Waals surface area contributed by atoms with E-state index in [4.69, 9.17) is 0 Å². The lowest BCUT2D eigenvalue weighted by Crippen LogP contribution is -2.69. The Morgan fingerprint density at radius 3 is 1.81 bits per heavy atom. The lowest BCUT2D eigenvalue weighted by atomic mass is 9.93. The number of imidazole rings is 1. The van der Waals surface area contributed by atoms with Crippen LogP contribution in [0.1, 0.15) is 11.4 Å². The van der Waals surface area contributed by atoms with Gasteiger partial charge < -0.3 is 10.3 Å². The Labute approximate surface area is 190 Å². The molecule has 1 aromatic carbocycles. The van der Waals surface area contributed by atoms with Crippen molar-refractivity contribution in [2.24, 2.45) is 0 Å². The Morgan fingerprint density at radius 1 is 0.694 bits per heavy atom. The summed E-state index contributed by atoms with van der Waals surface area (Å²) in [6.45, 7) is -0.0509. The van der Waals surface area contributed by atoms with Crippen LogP contribution in [0, 0.1) is 0 Å². The summed E-state index contributed by atoms with van der Waals surface area (Å²) >= 11 is 0. The van der Waals surface area contributed by atoms with Gasteiger partial charge in [-0.15, -0.1) is 0 Å². The second-order valence-electron chi connectivity index (χ2n) is 7.22. The summed E-state index contributed by atoms with van der Waals surface area (Å²) in [5.41, 5.74) is -0.996. The predicted molar refractivity (Wildman–Crippen MR) is 95.2 cm³/mol. The number of H-pyrrole nitrogens is 1. The Bertz CT molecular complexity index is 1220. The van der Waals surface area contributed by atoms with E-state index in [1.54, 1.807) is 30.3 Å². The van der Waals surface area contributed by atoms with Crippen molar-refractivity contribution in [2.45, 2.75) is 42.3 Å². The van der Waals surface area contributed by atoms with Crippen molar-refractivity contribution in [2.75, 3.05) is 5.32 Å². The number of halogens is 13. The van der Waals surface area contributed by atoms with Crippen LogP contribution < -0.4 is 5.32 Å². The SMILES string of the molecule is FC(F)(F)C(F)(F)C(F)(F)C(F)(F)C(F)(F)C(F)(F)c1nc2ncnc(NCc3ccccc3)c2[nH]1. The molecule has 3 aromatic rings. The van der Waals surface area contributed by atoms with E-state index < -0.39 is 58.6 Å². The van der Waals surface area contributed by atoms with Crippen LogP contribution >= 0.6 is 0 Å². The first-order chi connectivity index (χ1) is 16.3. The predicted octanol–water partition coefficient (Wildman–Crippen LogP) is 6.16. The average Bonchev–Trinajstić information content (AvgIpc) is 3.23. The molecule has 0 radical (unpaired) electrons. The third-order valence-electron chi connectivity index (χ3n) is 4.82. The van der Waals surface area contributed by atoms with Crippen LogP contribution in [0.15, 0.2) is 36.7 Å². The number of fused-ring (bicyclic) bond motifs is 1. The molecule has 0 atom stereocenters. The fourth-order valence-electron chi connectivity index (χ4n) is 2.81. The zero-order valence-electron chi connectivity index (χ0n) is 16.9. The molecule has 0 bridgehead atoms. The second-order valence-corrected chi connectivity index (χ2v) is 7.22. The summed E-state index contributed by atoms with van der Waals surface area (Å²) in [5, 5.41) is 2.55. The standard InChI is InChI=1S/C18H10F13N5/c19-13(20,14(21,22)15(23,24)16(25,26)17(27,28)18(29,30)31)12-35-9-10(33-7-34-11(9)36-12)32-6-8-4-2-1-3-5-8/h1-5,7H,6H2,(H2,32,33,34,35,36). The van der Waals surface area contributed by atoms with Crippen molar-refractivity contribution in [1.82, 2.24) is 19.9 Å². The van der Waals surface area contributed by atoms with E-state index in [-0.39, 0.29) is 6.54 Å². The molecule has 2 heterocycles. The average molecular weight is 543 g/mol. The number of aromatic nitrogens is 4. The van der Waals surface area contributed by atoms with Crippen molar-refractivity contribution in [3.63, 3.8) is 0 Å². The smallest absolute Gasteiger partial charge is 0.364 e. The van der Waals surface area contributed by atoms with Gasteiger partial charge in [0.2, 0.25) is 0 Å². The molecule has 0 amide bonds. The van der Waals surface area contributed by atoms with Gasteiger partial charge in [-0.3, -0.25) is 0 Å². The van der Waals surface area contributed by atoms with Gasteiger partial charge in [0.25, 0.3) is 0 Å². The van der Waals surface area contributed by atoms with E-state index >= 15 is 0 Å². The molecular formula is C18H10F13N5. The maximum Gasteiger partial charge on any atom is 0.460 e. The molecule has 0 saturated carbocycles. The molecule has 0 aliphatic carbocycles. The molecule has 198 valence electrons. The Hall–Kier alpha value is -3.34.